The summed E-state index contributed by atoms with van der Waals surface area (Å²) in [7, 11) is 0. The molecular formula is C21H29N3O2. The lowest BCUT2D eigenvalue weighted by atomic mass is 10.0. The maximum Gasteiger partial charge on any atom is 0.328 e. The van der Waals surface area contributed by atoms with Crippen LogP contribution < -0.4 is 5.43 Å². The Morgan fingerprint density at radius 3 is 2.42 bits per heavy atom. The zero-order valence-electron chi connectivity index (χ0n) is 16.4. The number of nitrogens with one attached hydrogen (secondary N) is 1. The van der Waals surface area contributed by atoms with E-state index < -0.39 is 0 Å². The summed E-state index contributed by atoms with van der Waals surface area (Å²) in [5, 5.41) is 1.77. The number of aromatic nitrogens is 1. The second kappa shape index (κ2) is 7.52. The smallest absolute Gasteiger partial charge is 0.328 e. The minimum atomic E-state index is -0.192. The van der Waals surface area contributed by atoms with E-state index in [1.54, 1.807) is 5.01 Å². The van der Waals surface area contributed by atoms with E-state index in [1.807, 2.05) is 6.92 Å². The molecule has 1 heterocycles. The van der Waals surface area contributed by atoms with Gasteiger partial charge in [-0.2, -0.15) is 0 Å². The molecule has 5 heteroatoms. The lowest BCUT2D eigenvalue weighted by molar-refractivity contribution is 0.0659. The fourth-order valence-corrected chi connectivity index (χ4v) is 3.67. The Morgan fingerprint density at radius 2 is 1.92 bits per heavy atom. The third kappa shape index (κ3) is 3.92. The van der Waals surface area contributed by atoms with Gasteiger partial charge in [0, 0.05) is 0 Å². The predicted molar refractivity (Wildman–Crippen MR) is 103 cm³/mol. The number of carbonyl (C=O) groups excluding carboxylic acids is 1. The molecule has 1 saturated carbocycles. The van der Waals surface area contributed by atoms with Crippen LogP contribution in [-0.4, -0.2) is 21.9 Å². The molecule has 3 rings (SSSR count). The van der Waals surface area contributed by atoms with Gasteiger partial charge >= 0.3 is 5.91 Å². The van der Waals surface area contributed by atoms with Crippen molar-refractivity contribution >= 4 is 11.6 Å². The molecule has 0 bridgehead atoms. The number of rotatable bonds is 7. The van der Waals surface area contributed by atoms with Crippen LogP contribution in [0.5, 0.6) is 0 Å². The van der Waals surface area contributed by atoms with Crippen LogP contribution in [0, 0.1) is 33.6 Å². The van der Waals surface area contributed by atoms with Gasteiger partial charge in [0.15, 0.2) is 0 Å². The highest BCUT2D eigenvalue weighted by molar-refractivity contribution is 5.91. The molecule has 0 spiro atoms. The third-order valence-corrected chi connectivity index (χ3v) is 5.01. The summed E-state index contributed by atoms with van der Waals surface area (Å²) in [5.41, 5.74) is 8.64. The van der Waals surface area contributed by atoms with Crippen molar-refractivity contribution in [1.29, 1.82) is 0 Å². The molecule has 0 radical (unpaired) electrons. The quantitative estimate of drug-likeness (QED) is 0.714. The van der Waals surface area contributed by atoms with E-state index in [0.29, 0.717) is 5.92 Å². The topological polar surface area (TPSA) is 58.4 Å². The SMILES string of the molecule is CCCC(C1CC1)N(Nc1c(C)cc(C)cc1C)C(=O)c1nc(C)co1. The van der Waals surface area contributed by atoms with Gasteiger partial charge in [-0.3, -0.25) is 10.2 Å². The average molecular weight is 355 g/mol. The van der Waals surface area contributed by atoms with Gasteiger partial charge in [-0.25, -0.2) is 9.99 Å². The number of anilines is 1. The summed E-state index contributed by atoms with van der Waals surface area (Å²) in [5.74, 6) is 0.510. The Balaban J connectivity index is 1.96. The van der Waals surface area contributed by atoms with Crippen molar-refractivity contribution in [2.24, 2.45) is 5.92 Å². The van der Waals surface area contributed by atoms with Crippen LogP contribution in [-0.2, 0) is 0 Å². The number of hydrogen-bond acceptors (Lipinski definition) is 4. The average Bonchev–Trinajstić information content (AvgIpc) is 3.33. The Bertz CT molecular complexity index is 769. The number of amides is 1. The van der Waals surface area contributed by atoms with Gasteiger partial charge in [0.25, 0.3) is 5.89 Å². The molecule has 1 unspecified atom stereocenters. The molecule has 1 amide bonds. The summed E-state index contributed by atoms with van der Waals surface area (Å²) >= 11 is 0. The van der Waals surface area contributed by atoms with Crippen LogP contribution in [0.15, 0.2) is 22.8 Å². The molecule has 1 atom stereocenters. The summed E-state index contributed by atoms with van der Waals surface area (Å²) in [6.45, 7) is 10.2. The highest BCUT2D eigenvalue weighted by Gasteiger charge is 2.39. The van der Waals surface area contributed by atoms with E-state index in [9.17, 15) is 4.79 Å². The monoisotopic (exact) mass is 355 g/mol. The van der Waals surface area contributed by atoms with Crippen molar-refractivity contribution < 1.29 is 9.21 Å². The number of hydrogen-bond donors (Lipinski definition) is 1. The van der Waals surface area contributed by atoms with Gasteiger partial charge in [0.2, 0.25) is 0 Å². The highest BCUT2D eigenvalue weighted by Crippen LogP contribution is 2.38. The molecular weight excluding hydrogens is 326 g/mol. The molecule has 0 saturated heterocycles. The van der Waals surface area contributed by atoms with Crippen LogP contribution in [0.4, 0.5) is 5.69 Å². The molecule has 1 aliphatic rings. The summed E-state index contributed by atoms with van der Waals surface area (Å²) in [6, 6.07) is 4.43. The number of nitrogens with zero attached hydrogens (tertiary/aromatic N) is 2. The molecule has 1 aliphatic carbocycles. The van der Waals surface area contributed by atoms with E-state index in [4.69, 9.17) is 4.42 Å². The number of carbonyl (C=O) groups is 1. The summed E-state index contributed by atoms with van der Waals surface area (Å²) in [6.07, 6.45) is 5.87. The highest BCUT2D eigenvalue weighted by atomic mass is 16.4. The van der Waals surface area contributed by atoms with E-state index >= 15 is 0 Å². The first-order valence-corrected chi connectivity index (χ1v) is 9.51. The Hall–Kier alpha value is -2.30. The maximum absolute atomic E-state index is 13.2. The number of benzene rings is 1. The summed E-state index contributed by atoms with van der Waals surface area (Å²) in [4.78, 5) is 17.5. The van der Waals surface area contributed by atoms with E-state index in [1.165, 1.54) is 24.7 Å². The molecule has 0 aliphatic heterocycles. The Morgan fingerprint density at radius 1 is 1.27 bits per heavy atom. The Labute approximate surface area is 155 Å². The molecule has 5 nitrogen and oxygen atoms in total. The van der Waals surface area contributed by atoms with Crippen LogP contribution in [0.25, 0.3) is 0 Å². The fraction of sp³-hybridized carbons (Fsp3) is 0.524. The number of oxazole rings is 1. The normalized spacial score (nSPS) is 15.0. The van der Waals surface area contributed by atoms with Crippen LogP contribution in [0.1, 0.15) is 65.7 Å². The second-order valence-electron chi connectivity index (χ2n) is 7.55. The molecule has 26 heavy (non-hydrogen) atoms. The zero-order valence-corrected chi connectivity index (χ0v) is 16.4. The van der Waals surface area contributed by atoms with Crippen molar-refractivity contribution in [3.05, 3.63) is 46.7 Å². The van der Waals surface area contributed by atoms with Crippen LogP contribution >= 0.6 is 0 Å². The number of hydrazine groups is 1. The van der Waals surface area contributed by atoms with Crippen molar-refractivity contribution in [2.75, 3.05) is 5.43 Å². The first kappa shape index (κ1) is 18.5. The lowest BCUT2D eigenvalue weighted by Crippen LogP contribution is -2.46. The van der Waals surface area contributed by atoms with Gasteiger partial charge in [-0.1, -0.05) is 31.0 Å². The molecule has 2 aromatic rings. The second-order valence-corrected chi connectivity index (χ2v) is 7.55. The fourth-order valence-electron chi connectivity index (χ4n) is 3.67. The first-order valence-electron chi connectivity index (χ1n) is 9.51. The van der Waals surface area contributed by atoms with Crippen molar-refractivity contribution in [3.63, 3.8) is 0 Å². The van der Waals surface area contributed by atoms with Gasteiger partial charge in [-0.15, -0.1) is 0 Å². The van der Waals surface area contributed by atoms with Gasteiger partial charge < -0.3 is 4.42 Å². The molecule has 1 fully saturated rings. The van der Waals surface area contributed by atoms with Gasteiger partial charge in [0.1, 0.15) is 6.26 Å². The lowest BCUT2D eigenvalue weighted by Gasteiger charge is -2.33. The largest absolute Gasteiger partial charge is 0.441 e. The van der Waals surface area contributed by atoms with Crippen LogP contribution in [0.2, 0.25) is 0 Å². The van der Waals surface area contributed by atoms with Crippen molar-refractivity contribution in [3.8, 4) is 0 Å². The number of aryl methyl sites for hydroxylation is 4. The zero-order chi connectivity index (χ0) is 18.8. The predicted octanol–water partition coefficient (Wildman–Crippen LogP) is 4.96. The third-order valence-electron chi connectivity index (χ3n) is 5.01. The van der Waals surface area contributed by atoms with E-state index in [-0.39, 0.29) is 17.8 Å². The first-order chi connectivity index (χ1) is 12.4. The molecule has 1 N–H and O–H groups in total. The van der Waals surface area contributed by atoms with Crippen molar-refractivity contribution in [2.45, 2.75) is 66.3 Å². The molecule has 1 aromatic heterocycles. The van der Waals surface area contributed by atoms with E-state index in [0.717, 1.165) is 35.3 Å². The van der Waals surface area contributed by atoms with Crippen molar-refractivity contribution in [1.82, 2.24) is 9.99 Å². The minimum absolute atomic E-state index is 0.152. The maximum atomic E-state index is 13.2. The van der Waals surface area contributed by atoms with Gasteiger partial charge in [-0.05, 0) is 64.0 Å². The van der Waals surface area contributed by atoms with E-state index in [2.05, 4.69) is 50.2 Å². The summed E-state index contributed by atoms with van der Waals surface area (Å²) < 4.78 is 5.41. The molecule has 1 aromatic carbocycles. The standard InChI is InChI=1S/C21H29N3O2/c1-6-7-18(17-8-9-17)24(21(25)20-22-16(5)12-26-20)23-19-14(3)10-13(2)11-15(19)4/h10-12,17-18,23H,6-9H2,1-5H3. The minimum Gasteiger partial charge on any atom is -0.441 e. The molecule has 140 valence electrons. The van der Waals surface area contributed by atoms with Gasteiger partial charge in [0.05, 0.1) is 17.4 Å². The van der Waals surface area contributed by atoms with Crippen LogP contribution in [0.3, 0.4) is 0 Å². The Kier molecular flexibility index (Phi) is 5.35.